The third-order valence-electron chi connectivity index (χ3n) is 3.42. The van der Waals surface area contributed by atoms with Crippen LogP contribution in [-0.2, 0) is 3.08 Å². The molecule has 92 valence electrons. The molecule has 0 radical (unpaired) electrons. The molecule has 0 spiro atoms. The zero-order chi connectivity index (χ0) is 13.3. The fourth-order valence-electron chi connectivity index (χ4n) is 2.47. The van der Waals surface area contributed by atoms with Crippen molar-refractivity contribution in [3.63, 3.8) is 0 Å². The SMILES string of the molecule is Cc1cccc(C)[c]1[Sn](=[O])[c]1c(C)cccc1C. The summed E-state index contributed by atoms with van der Waals surface area (Å²) in [6.45, 7) is 8.26. The van der Waals surface area contributed by atoms with E-state index < -0.39 is 19.7 Å². The van der Waals surface area contributed by atoms with Crippen molar-refractivity contribution in [2.24, 2.45) is 0 Å². The third kappa shape index (κ3) is 2.41. The van der Waals surface area contributed by atoms with Gasteiger partial charge in [-0.05, 0) is 0 Å². The summed E-state index contributed by atoms with van der Waals surface area (Å²) in [5.74, 6) is 0. The van der Waals surface area contributed by atoms with Gasteiger partial charge in [0.05, 0.1) is 0 Å². The van der Waals surface area contributed by atoms with E-state index in [4.69, 9.17) is 0 Å². The van der Waals surface area contributed by atoms with Crippen molar-refractivity contribution in [2.75, 3.05) is 0 Å². The Bertz CT molecular complexity index is 520. The molecule has 0 heterocycles. The van der Waals surface area contributed by atoms with E-state index in [0.717, 1.165) is 7.16 Å². The summed E-state index contributed by atoms with van der Waals surface area (Å²) >= 11 is -2.97. The van der Waals surface area contributed by atoms with Crippen LogP contribution in [0, 0.1) is 27.7 Å². The van der Waals surface area contributed by atoms with Crippen LogP contribution in [0.3, 0.4) is 0 Å². The molecule has 1 nitrogen and oxygen atoms in total. The van der Waals surface area contributed by atoms with E-state index in [1.54, 1.807) is 0 Å². The molecule has 2 heteroatoms. The Kier molecular flexibility index (Phi) is 4.00. The van der Waals surface area contributed by atoms with Gasteiger partial charge in [0.15, 0.2) is 0 Å². The second kappa shape index (κ2) is 5.35. The topological polar surface area (TPSA) is 17.1 Å². The zero-order valence-corrected chi connectivity index (χ0v) is 14.2. The molecule has 2 aromatic rings. The van der Waals surface area contributed by atoms with Crippen molar-refractivity contribution < 1.29 is 3.08 Å². The van der Waals surface area contributed by atoms with E-state index in [1.165, 1.54) is 22.3 Å². The minimum absolute atomic E-state index is 1.12. The Balaban J connectivity index is 2.63. The molecule has 0 aromatic heterocycles. The first-order valence-corrected chi connectivity index (χ1v) is 10.2. The molecule has 2 aromatic carbocycles. The van der Waals surface area contributed by atoms with Gasteiger partial charge in [0.25, 0.3) is 0 Å². The van der Waals surface area contributed by atoms with Crippen molar-refractivity contribution in [3.05, 3.63) is 58.7 Å². The van der Waals surface area contributed by atoms with E-state index in [-0.39, 0.29) is 0 Å². The van der Waals surface area contributed by atoms with Gasteiger partial charge in [-0.1, -0.05) is 0 Å². The Morgan fingerprint density at radius 1 is 0.667 bits per heavy atom. The Hall–Kier alpha value is -0.961. The molecule has 0 unspecified atom stereocenters. The predicted molar refractivity (Wildman–Crippen MR) is 77.5 cm³/mol. The quantitative estimate of drug-likeness (QED) is 0.765. The fourth-order valence-corrected chi connectivity index (χ4v) is 8.22. The van der Waals surface area contributed by atoms with Crippen LogP contribution in [0.4, 0.5) is 0 Å². The molecule has 0 amide bonds. The van der Waals surface area contributed by atoms with Crippen LogP contribution in [0.2, 0.25) is 0 Å². The summed E-state index contributed by atoms with van der Waals surface area (Å²) in [5, 5.41) is 0. The molecule has 0 bridgehead atoms. The van der Waals surface area contributed by atoms with Gasteiger partial charge in [0, 0.05) is 0 Å². The van der Waals surface area contributed by atoms with Crippen molar-refractivity contribution in [1.82, 2.24) is 0 Å². The van der Waals surface area contributed by atoms with Gasteiger partial charge in [-0.25, -0.2) is 0 Å². The van der Waals surface area contributed by atoms with E-state index in [2.05, 4.69) is 52.0 Å². The van der Waals surface area contributed by atoms with Crippen molar-refractivity contribution in [1.29, 1.82) is 0 Å². The summed E-state index contributed by atoms with van der Waals surface area (Å²) < 4.78 is 15.3. The summed E-state index contributed by atoms with van der Waals surface area (Å²) in [6.07, 6.45) is 0. The van der Waals surface area contributed by atoms with Crippen LogP contribution in [0.5, 0.6) is 0 Å². The van der Waals surface area contributed by atoms with E-state index in [0.29, 0.717) is 0 Å². The molecule has 0 aliphatic carbocycles. The van der Waals surface area contributed by atoms with Gasteiger partial charge in [-0.15, -0.1) is 0 Å². The average molecular weight is 345 g/mol. The monoisotopic (exact) mass is 346 g/mol. The third-order valence-corrected chi connectivity index (χ3v) is 10.5. The summed E-state index contributed by atoms with van der Waals surface area (Å²) in [6, 6.07) is 12.3. The van der Waals surface area contributed by atoms with Crippen LogP contribution >= 0.6 is 0 Å². The van der Waals surface area contributed by atoms with Crippen molar-refractivity contribution in [2.45, 2.75) is 27.7 Å². The zero-order valence-electron chi connectivity index (χ0n) is 11.4. The molecule has 0 N–H and O–H groups in total. The number of hydrogen-bond donors (Lipinski definition) is 0. The van der Waals surface area contributed by atoms with Crippen LogP contribution in [-0.4, -0.2) is 19.7 Å². The number of hydrogen-bond acceptors (Lipinski definition) is 1. The van der Waals surface area contributed by atoms with E-state index >= 15 is 0 Å². The van der Waals surface area contributed by atoms with Gasteiger partial charge in [-0.3, -0.25) is 0 Å². The van der Waals surface area contributed by atoms with Crippen LogP contribution in [0.15, 0.2) is 36.4 Å². The van der Waals surface area contributed by atoms with E-state index in [1.807, 2.05) is 12.1 Å². The van der Waals surface area contributed by atoms with Crippen LogP contribution in [0.1, 0.15) is 22.3 Å². The van der Waals surface area contributed by atoms with Gasteiger partial charge in [0.1, 0.15) is 0 Å². The standard InChI is InChI=1S/2C8H9.O.Sn/c2*1-7-4-3-5-8(2)6-7;;/h2*3-5H,1-2H3;;. The average Bonchev–Trinajstić information content (AvgIpc) is 2.28. The first-order chi connectivity index (χ1) is 8.52. The minimum atomic E-state index is -2.97. The Labute approximate surface area is 116 Å². The normalized spacial score (nSPS) is 10.4. The Morgan fingerprint density at radius 3 is 1.22 bits per heavy atom. The molecule has 0 aliphatic heterocycles. The van der Waals surface area contributed by atoms with Gasteiger partial charge >= 0.3 is 116 Å². The van der Waals surface area contributed by atoms with Gasteiger partial charge < -0.3 is 0 Å². The molecule has 0 aliphatic rings. The number of benzene rings is 2. The van der Waals surface area contributed by atoms with Gasteiger partial charge in [-0.2, -0.15) is 0 Å². The molecule has 0 atom stereocenters. The molecule has 0 saturated carbocycles. The molecule has 0 fully saturated rings. The van der Waals surface area contributed by atoms with Crippen molar-refractivity contribution >= 4 is 26.9 Å². The molecule has 2 rings (SSSR count). The van der Waals surface area contributed by atoms with Gasteiger partial charge in [0.2, 0.25) is 0 Å². The first-order valence-electron chi connectivity index (χ1n) is 6.19. The summed E-state index contributed by atoms with van der Waals surface area (Å²) in [7, 11) is 0. The first kappa shape index (κ1) is 13.5. The maximum absolute atomic E-state index is 13.0. The second-order valence-electron chi connectivity index (χ2n) is 4.86. The molecule has 18 heavy (non-hydrogen) atoms. The van der Waals surface area contributed by atoms with Crippen molar-refractivity contribution in [3.8, 4) is 0 Å². The predicted octanol–water partition coefficient (Wildman–Crippen LogP) is 2.46. The summed E-state index contributed by atoms with van der Waals surface area (Å²) in [5.41, 5.74) is 4.67. The maximum atomic E-state index is 13.0. The number of rotatable bonds is 2. The van der Waals surface area contributed by atoms with Crippen LogP contribution in [0.25, 0.3) is 0 Å². The molecular weight excluding hydrogens is 327 g/mol. The summed E-state index contributed by atoms with van der Waals surface area (Å²) in [4.78, 5) is 0. The Morgan fingerprint density at radius 2 is 0.944 bits per heavy atom. The van der Waals surface area contributed by atoms with E-state index in [9.17, 15) is 3.08 Å². The molecular formula is C16H18OSn. The fraction of sp³-hybridized carbons (Fsp3) is 0.250. The van der Waals surface area contributed by atoms with Crippen LogP contribution < -0.4 is 7.16 Å². The number of aryl methyl sites for hydroxylation is 4. The second-order valence-corrected chi connectivity index (χ2v) is 9.60. The molecule has 0 saturated heterocycles.